The van der Waals surface area contributed by atoms with Gasteiger partial charge in [0.25, 0.3) is 52.1 Å². The van der Waals surface area contributed by atoms with Crippen molar-refractivity contribution in [3.05, 3.63) is 164 Å². The van der Waals surface area contributed by atoms with E-state index in [0.29, 0.717) is 122 Å². The molecule has 108 heavy (non-hydrogen) atoms. The lowest BCUT2D eigenvalue weighted by molar-refractivity contribution is 0.0505. The van der Waals surface area contributed by atoms with Crippen LogP contribution in [0, 0.1) is 0 Å². The molecule has 0 bridgehead atoms. The van der Waals surface area contributed by atoms with Crippen LogP contribution in [0.25, 0.3) is 32.1 Å². The summed E-state index contributed by atoms with van der Waals surface area (Å²) in [6, 6.07) is 4.46. The fourth-order valence-electron chi connectivity index (χ4n) is 13.5. The van der Waals surface area contributed by atoms with E-state index in [4.69, 9.17) is 21.2 Å². The zero-order chi connectivity index (χ0) is 76.9. The van der Waals surface area contributed by atoms with Crippen LogP contribution in [0.2, 0.25) is 0 Å². The van der Waals surface area contributed by atoms with Gasteiger partial charge in [0.05, 0.1) is 52.9 Å². The van der Waals surface area contributed by atoms with E-state index >= 15 is 0 Å². The van der Waals surface area contributed by atoms with E-state index in [2.05, 4.69) is 62.1 Å². The van der Waals surface area contributed by atoms with Gasteiger partial charge in [-0.25, -0.2) is 34.7 Å². The molecule has 0 aromatic carbocycles. The number of hydrogen-bond donors (Lipinski definition) is 9. The molecule has 3 spiro atoms. The first-order valence-corrected chi connectivity index (χ1v) is 41.0. The summed E-state index contributed by atoms with van der Waals surface area (Å²) in [5, 5.41) is 34.8. The number of hydrogen-bond acceptors (Lipinski definition) is 25. The van der Waals surface area contributed by atoms with Crippen molar-refractivity contribution in [2.75, 3.05) is 20.6 Å². The fourth-order valence-corrected chi connectivity index (χ4v) is 18.3. The molecule has 3 aliphatic heterocycles. The maximum absolute atomic E-state index is 13.4. The minimum absolute atomic E-state index is 0.0466. The van der Waals surface area contributed by atoms with Crippen molar-refractivity contribution in [1.29, 1.82) is 0 Å². The molecule has 7 amide bonds. The second kappa shape index (κ2) is 31.0. The number of nitrogens with zero attached hydrogens (tertiary/aromatic N) is 9. The molecule has 3 aliphatic carbocycles. The molecule has 9 aromatic heterocycles. The van der Waals surface area contributed by atoms with Crippen molar-refractivity contribution in [1.82, 2.24) is 80.8 Å². The summed E-state index contributed by atoms with van der Waals surface area (Å²) in [5.41, 5.74) is 19.1. The topological polar surface area (TPSA) is 408 Å². The molecule has 3 saturated carbocycles. The first-order chi connectivity index (χ1) is 51.5. The molecular formula is C73H84N18O11S6. The highest BCUT2D eigenvalue weighted by Crippen LogP contribution is 2.53. The lowest BCUT2D eigenvalue weighted by atomic mass is 9.98. The van der Waals surface area contributed by atoms with Gasteiger partial charge < -0.3 is 67.1 Å². The zero-order valence-corrected chi connectivity index (χ0v) is 66.0. The summed E-state index contributed by atoms with van der Waals surface area (Å²) in [4.78, 5) is 154. The molecular weight excluding hydrogens is 1500 g/mol. The minimum Gasteiger partial charge on any atom is -0.444 e. The number of ether oxygens (including phenoxy) is 1. The fraction of sp³-hybridized carbons (Fsp3) is 0.452. The third-order valence-electron chi connectivity index (χ3n) is 19.4. The SMILES string of the molecule is CCCNC(=O)c1csc(-c2csc(Cn3c(CC[C@H](C)N)c4c(cc3=O)C3(CC3)NC4=O)n2)n1.CNC(=O)c1csc(-c2csc(Cn3c(CC[C@H](C)N)c4c(cc3=O)C3(CC3)NC4=O)n2)n1.CNC(=O)c1csc(-c2csc(Cn3c(CC[C@H](C)NC(=O)OC(C)(C)C)c4c(cc3=O)C3(CC3)NC4=O)n2)n1. The summed E-state index contributed by atoms with van der Waals surface area (Å²) < 4.78 is 10.3. The number of amides is 7. The van der Waals surface area contributed by atoms with E-state index < -0.39 is 17.2 Å². The molecule has 568 valence electrons. The van der Waals surface area contributed by atoms with Crippen LogP contribution in [0.3, 0.4) is 0 Å². The smallest absolute Gasteiger partial charge is 0.407 e. The molecule has 11 N–H and O–H groups in total. The Morgan fingerprint density at radius 1 is 0.509 bits per heavy atom. The van der Waals surface area contributed by atoms with Crippen molar-refractivity contribution in [3.63, 3.8) is 0 Å². The highest BCUT2D eigenvalue weighted by atomic mass is 32.1. The largest absolute Gasteiger partial charge is 0.444 e. The number of pyridine rings is 3. The number of aromatic nitrogens is 9. The van der Waals surface area contributed by atoms with Crippen molar-refractivity contribution >= 4 is 110 Å². The highest BCUT2D eigenvalue weighted by molar-refractivity contribution is 7.15. The van der Waals surface area contributed by atoms with Crippen LogP contribution in [0.15, 0.2) is 64.9 Å². The van der Waals surface area contributed by atoms with Crippen molar-refractivity contribution < 1.29 is 38.3 Å². The maximum atomic E-state index is 13.4. The second-order valence-corrected chi connectivity index (χ2v) is 34.4. The number of nitrogens with two attached hydrogens (primary N) is 2. The number of rotatable bonds is 24. The Balaban J connectivity index is 0.000000144. The summed E-state index contributed by atoms with van der Waals surface area (Å²) >= 11 is 8.26. The molecule has 12 heterocycles. The zero-order valence-electron chi connectivity index (χ0n) is 61.1. The molecule has 3 fully saturated rings. The monoisotopic (exact) mass is 1580 g/mol. The molecule has 0 saturated heterocycles. The van der Waals surface area contributed by atoms with Crippen LogP contribution in [-0.4, -0.2) is 130 Å². The lowest BCUT2D eigenvalue weighted by Gasteiger charge is -2.22. The normalized spacial score (nSPS) is 16.2. The van der Waals surface area contributed by atoms with Crippen LogP contribution in [0.4, 0.5) is 4.79 Å². The maximum Gasteiger partial charge on any atom is 0.407 e. The Hall–Kier alpha value is -9.36. The van der Waals surface area contributed by atoms with Crippen LogP contribution < -0.4 is 65.4 Å². The van der Waals surface area contributed by atoms with Gasteiger partial charge in [-0.2, -0.15) is 0 Å². The average Bonchev–Trinajstić information content (AvgIpc) is 1.57. The van der Waals surface area contributed by atoms with Gasteiger partial charge in [-0.05, 0) is 142 Å². The van der Waals surface area contributed by atoms with E-state index in [1.807, 2.05) is 43.8 Å². The predicted octanol–water partition coefficient (Wildman–Crippen LogP) is 7.89. The number of carbonyl (C=O) groups excluding carboxylic acids is 7. The number of nitrogens with one attached hydrogen (secondary N) is 7. The molecule has 3 atom stereocenters. The van der Waals surface area contributed by atoms with Crippen molar-refractivity contribution in [2.45, 2.75) is 192 Å². The Kier molecular flexibility index (Phi) is 22.0. The van der Waals surface area contributed by atoms with E-state index in [1.165, 1.54) is 68.0 Å². The average molecular weight is 1580 g/mol. The van der Waals surface area contributed by atoms with Crippen LogP contribution in [0.5, 0.6) is 0 Å². The van der Waals surface area contributed by atoms with Crippen LogP contribution in [-0.2, 0) is 60.3 Å². The lowest BCUT2D eigenvalue weighted by Crippen LogP contribution is -2.38. The molecule has 6 aliphatic rings. The van der Waals surface area contributed by atoms with Gasteiger partial charge in [-0.1, -0.05) is 6.92 Å². The Labute approximate surface area is 644 Å². The molecule has 15 rings (SSSR count). The number of thiazole rings is 6. The Morgan fingerprint density at radius 3 is 1.15 bits per heavy atom. The third kappa shape index (κ3) is 16.3. The molecule has 35 heteroatoms. The van der Waals surface area contributed by atoms with Gasteiger partial charge in [-0.3, -0.25) is 43.2 Å². The Morgan fingerprint density at radius 2 is 0.843 bits per heavy atom. The van der Waals surface area contributed by atoms with Crippen LogP contribution >= 0.6 is 68.0 Å². The first-order valence-electron chi connectivity index (χ1n) is 35.7. The summed E-state index contributed by atoms with van der Waals surface area (Å²) in [7, 11) is 3.11. The molecule has 9 aromatic rings. The highest BCUT2D eigenvalue weighted by Gasteiger charge is 2.56. The van der Waals surface area contributed by atoms with E-state index in [1.54, 1.807) is 82.9 Å². The van der Waals surface area contributed by atoms with Crippen molar-refractivity contribution in [2.24, 2.45) is 11.5 Å². The molecule has 0 radical (unpaired) electrons. The quantitative estimate of drug-likeness (QED) is 0.0277. The van der Waals surface area contributed by atoms with Gasteiger partial charge in [0.1, 0.15) is 69.8 Å². The third-order valence-corrected chi connectivity index (χ3v) is 24.5. The standard InChI is InChI=1S/C27H32N6O5S2.C24H28N6O3S2.C22H24N6O3S2/c1-14(29-25(37)38-26(2,3)4)6-7-18-21-15(27(8-9-27)32-23(21)36)10-20(34)33(18)11-19-30-17(13-39-19)24-31-16(12-40-24)22(35)28-5;1-3-8-26-21(32)15-11-35-23(28-15)16-12-34-18(27-16)10-30-17(5-4-13(2)25)20-14(9-19(30)31)24(6-7-24)29-22(20)33;1-11(23)3-4-15-18-12(22(5-6-22)27-20(18)31)7-17(29)28(15)8-16-25-14(10-32-16)21-26-13(9-33-21)19(30)24-2/h10,12-14H,6-9,11H2,1-5H3,(H,28,35)(H,29,37)(H,32,36);9,11-13H,3-8,10,25H2,1-2H3,(H,26,32)(H,29,33);7,9-11H,3-6,8,23H2,1-2H3,(H,24,30)(H,27,31)/t14-;13-;11-/m000/s1. The van der Waals surface area contributed by atoms with E-state index in [-0.39, 0.29) is 101 Å². The number of alkyl carbamates (subject to hydrolysis) is 1. The van der Waals surface area contributed by atoms with E-state index in [9.17, 15) is 47.9 Å². The first kappa shape index (κ1) is 76.8. The second-order valence-electron chi connectivity index (χ2n) is 29.0. The molecule has 0 unspecified atom stereocenters. The van der Waals surface area contributed by atoms with Gasteiger partial charge in [0, 0.05) is 106 Å². The number of fused-ring (bicyclic) bond motifs is 6. The predicted molar refractivity (Wildman–Crippen MR) is 415 cm³/mol. The summed E-state index contributed by atoms with van der Waals surface area (Å²) in [5.74, 6) is -1.10. The summed E-state index contributed by atoms with van der Waals surface area (Å²) in [6.45, 7) is 14.4. The minimum atomic E-state index is -0.615. The van der Waals surface area contributed by atoms with Gasteiger partial charge in [0.15, 0.2) is 0 Å². The summed E-state index contributed by atoms with van der Waals surface area (Å²) in [6.07, 6.45) is 8.75. The van der Waals surface area contributed by atoms with Gasteiger partial charge >= 0.3 is 6.09 Å². The molecule has 29 nitrogen and oxygen atoms in total. The Bertz CT molecular complexity index is 5220. The van der Waals surface area contributed by atoms with Gasteiger partial charge in [-0.15, -0.1) is 68.0 Å². The van der Waals surface area contributed by atoms with Crippen LogP contribution in [0.1, 0.15) is 224 Å². The van der Waals surface area contributed by atoms with Crippen molar-refractivity contribution in [3.8, 4) is 32.1 Å². The van der Waals surface area contributed by atoms with E-state index in [0.717, 1.165) is 83.0 Å². The van der Waals surface area contributed by atoms with Gasteiger partial charge in [0.2, 0.25) is 0 Å². The number of carbonyl (C=O) groups is 7.